The fourth-order valence-electron chi connectivity index (χ4n) is 3.18. The molecule has 3 aromatic heterocycles. The van der Waals surface area contributed by atoms with Crippen LogP contribution in [0.3, 0.4) is 0 Å². The Morgan fingerprint density at radius 1 is 0.885 bits per heavy atom. The van der Waals surface area contributed by atoms with E-state index in [0.717, 1.165) is 22.2 Å². The maximum Gasteiger partial charge on any atom is 0.187 e. The number of hydrogen-bond acceptors (Lipinski definition) is 4. The molecule has 5 rings (SSSR count). The molecule has 0 unspecified atom stereocenters. The van der Waals surface area contributed by atoms with Gasteiger partial charge < -0.3 is 0 Å². The van der Waals surface area contributed by atoms with Crippen LogP contribution in [0.25, 0.3) is 27.8 Å². The summed E-state index contributed by atoms with van der Waals surface area (Å²) in [5.41, 5.74) is 4.41. The Kier molecular flexibility index (Phi) is 3.43. The molecule has 0 aliphatic carbocycles. The van der Waals surface area contributed by atoms with Gasteiger partial charge in [-0.05, 0) is 5.56 Å². The Hall–Kier alpha value is -3.25. The van der Waals surface area contributed by atoms with Crippen LogP contribution in [0.1, 0.15) is 5.56 Å². The third-order valence-corrected chi connectivity index (χ3v) is 4.56. The topological polar surface area (TPSA) is 60.9 Å². The fourth-order valence-corrected chi connectivity index (χ4v) is 3.39. The molecule has 0 amide bonds. The zero-order chi connectivity index (χ0) is 17.5. The van der Waals surface area contributed by atoms with E-state index in [2.05, 4.69) is 39.4 Å². The van der Waals surface area contributed by atoms with Gasteiger partial charge >= 0.3 is 0 Å². The molecule has 0 saturated heterocycles. The zero-order valence-electron chi connectivity index (χ0n) is 13.6. The number of aromatic nitrogens is 6. The van der Waals surface area contributed by atoms with Gasteiger partial charge in [-0.25, -0.2) is 4.98 Å². The van der Waals surface area contributed by atoms with Crippen molar-refractivity contribution in [2.75, 3.05) is 0 Å². The molecule has 2 aromatic carbocycles. The normalized spacial score (nSPS) is 11.4. The van der Waals surface area contributed by atoms with Gasteiger partial charge in [0.2, 0.25) is 0 Å². The molecular formula is C19H13ClN6. The highest BCUT2D eigenvalue weighted by molar-refractivity contribution is 6.34. The Bertz CT molecular complexity index is 1210. The lowest BCUT2D eigenvalue weighted by Crippen LogP contribution is -2.03. The van der Waals surface area contributed by atoms with Crippen LogP contribution in [0.15, 0.2) is 67.0 Å². The minimum absolute atomic E-state index is 0.307. The number of nitrogens with zero attached hydrogens (tertiary/aromatic N) is 6. The van der Waals surface area contributed by atoms with Crippen molar-refractivity contribution in [2.24, 2.45) is 0 Å². The maximum atomic E-state index is 6.39. The summed E-state index contributed by atoms with van der Waals surface area (Å²) in [6.45, 7) is 0.621. The molecule has 0 N–H and O–H groups in total. The second kappa shape index (κ2) is 5.93. The molecule has 0 atom stereocenters. The summed E-state index contributed by atoms with van der Waals surface area (Å²) < 4.78 is 3.41. The van der Waals surface area contributed by atoms with Crippen LogP contribution in [0.2, 0.25) is 5.15 Å². The summed E-state index contributed by atoms with van der Waals surface area (Å²) in [7, 11) is 0. The van der Waals surface area contributed by atoms with Crippen molar-refractivity contribution in [3.8, 4) is 11.3 Å². The van der Waals surface area contributed by atoms with Crippen molar-refractivity contribution >= 4 is 28.2 Å². The highest BCUT2D eigenvalue weighted by Gasteiger charge is 2.21. The Balaban J connectivity index is 1.85. The predicted octanol–water partition coefficient (Wildman–Crippen LogP) is 3.84. The molecule has 0 radical (unpaired) electrons. The first-order valence-electron chi connectivity index (χ1n) is 8.16. The van der Waals surface area contributed by atoms with Crippen molar-refractivity contribution in [3.63, 3.8) is 0 Å². The average Bonchev–Trinajstić information content (AvgIpc) is 3.28. The molecule has 0 spiro atoms. The molecule has 0 saturated carbocycles. The van der Waals surface area contributed by atoms with Gasteiger partial charge in [-0.2, -0.15) is 5.10 Å². The van der Waals surface area contributed by atoms with Crippen molar-refractivity contribution < 1.29 is 0 Å². The molecule has 5 aromatic rings. The average molecular weight is 361 g/mol. The molecule has 0 bridgehead atoms. The number of benzene rings is 2. The first-order valence-corrected chi connectivity index (χ1v) is 8.54. The van der Waals surface area contributed by atoms with E-state index in [-0.39, 0.29) is 0 Å². The molecule has 7 heteroatoms. The summed E-state index contributed by atoms with van der Waals surface area (Å²) >= 11 is 6.39. The smallest absolute Gasteiger partial charge is 0.187 e. The van der Waals surface area contributed by atoms with Gasteiger partial charge in [0.05, 0.1) is 17.6 Å². The van der Waals surface area contributed by atoms with Crippen molar-refractivity contribution in [3.05, 3.63) is 77.7 Å². The van der Waals surface area contributed by atoms with Gasteiger partial charge in [0, 0.05) is 5.56 Å². The van der Waals surface area contributed by atoms with Gasteiger partial charge in [0.25, 0.3) is 0 Å². The Morgan fingerprint density at radius 3 is 2.38 bits per heavy atom. The summed E-state index contributed by atoms with van der Waals surface area (Å²) in [6.07, 6.45) is 1.47. The Morgan fingerprint density at radius 2 is 1.62 bits per heavy atom. The lowest BCUT2D eigenvalue weighted by Gasteiger charge is -2.08. The number of rotatable bonds is 3. The molecule has 6 nitrogen and oxygen atoms in total. The van der Waals surface area contributed by atoms with Crippen LogP contribution < -0.4 is 0 Å². The Labute approximate surface area is 153 Å². The first-order chi connectivity index (χ1) is 12.8. The van der Waals surface area contributed by atoms with Gasteiger partial charge in [-0.1, -0.05) is 72.3 Å². The fraction of sp³-hybridized carbons (Fsp3) is 0.0526. The van der Waals surface area contributed by atoms with Crippen LogP contribution >= 0.6 is 11.6 Å². The molecule has 0 aliphatic heterocycles. The quantitative estimate of drug-likeness (QED) is 0.490. The standard InChI is InChI=1S/C19H13ClN6/c20-18-16-15(19-21-12-22-26(19)24-18)17(14-9-5-2-6-10-14)25(23-16)11-13-7-3-1-4-8-13/h1-10,12H,11H2. The third-order valence-electron chi connectivity index (χ3n) is 4.31. The van der Waals surface area contributed by atoms with Crippen LogP contribution in [0.5, 0.6) is 0 Å². The molecule has 0 fully saturated rings. The van der Waals surface area contributed by atoms with Crippen molar-refractivity contribution in [1.29, 1.82) is 0 Å². The number of hydrogen-bond donors (Lipinski definition) is 0. The maximum absolute atomic E-state index is 6.39. The lowest BCUT2D eigenvalue weighted by molar-refractivity contribution is 0.703. The summed E-state index contributed by atoms with van der Waals surface area (Å²) in [4.78, 5) is 4.37. The lowest BCUT2D eigenvalue weighted by atomic mass is 10.1. The third kappa shape index (κ3) is 2.34. The van der Waals surface area contributed by atoms with Crippen LogP contribution in [-0.4, -0.2) is 29.6 Å². The largest absolute Gasteiger partial charge is 0.259 e. The summed E-state index contributed by atoms with van der Waals surface area (Å²) in [6, 6.07) is 20.3. The van der Waals surface area contributed by atoms with E-state index in [1.807, 2.05) is 41.1 Å². The number of fused-ring (bicyclic) bond motifs is 3. The van der Waals surface area contributed by atoms with Crippen molar-refractivity contribution in [1.82, 2.24) is 29.6 Å². The summed E-state index contributed by atoms with van der Waals surface area (Å²) in [5, 5.41) is 14.3. The first kappa shape index (κ1) is 15.0. The van der Waals surface area contributed by atoms with Crippen LogP contribution in [0, 0.1) is 0 Å². The van der Waals surface area contributed by atoms with E-state index in [1.165, 1.54) is 11.0 Å². The van der Waals surface area contributed by atoms with E-state index in [9.17, 15) is 0 Å². The highest BCUT2D eigenvalue weighted by atomic mass is 35.5. The van der Waals surface area contributed by atoms with E-state index >= 15 is 0 Å². The van der Waals surface area contributed by atoms with Gasteiger partial charge in [-0.15, -0.1) is 14.8 Å². The van der Waals surface area contributed by atoms with Gasteiger partial charge in [-0.3, -0.25) is 4.68 Å². The zero-order valence-corrected chi connectivity index (χ0v) is 14.4. The minimum atomic E-state index is 0.307. The second-order valence-corrected chi connectivity index (χ2v) is 6.30. The molecule has 26 heavy (non-hydrogen) atoms. The van der Waals surface area contributed by atoms with E-state index in [4.69, 9.17) is 16.7 Å². The van der Waals surface area contributed by atoms with Crippen molar-refractivity contribution in [2.45, 2.75) is 6.54 Å². The number of halogens is 1. The molecule has 126 valence electrons. The minimum Gasteiger partial charge on any atom is -0.259 e. The predicted molar refractivity (Wildman–Crippen MR) is 100 cm³/mol. The SMILES string of the molecule is Clc1nn2ncnc2c2c(-c3ccccc3)n(Cc3ccccc3)nc12. The molecular weight excluding hydrogens is 348 g/mol. The van der Waals surface area contributed by atoms with E-state index < -0.39 is 0 Å². The van der Waals surface area contributed by atoms with Gasteiger partial charge in [0.1, 0.15) is 11.8 Å². The van der Waals surface area contributed by atoms with Crippen LogP contribution in [0.4, 0.5) is 0 Å². The van der Waals surface area contributed by atoms with Gasteiger partial charge in [0.15, 0.2) is 10.8 Å². The molecule has 0 aliphatic rings. The molecule has 3 heterocycles. The summed E-state index contributed by atoms with van der Waals surface area (Å²) in [5.74, 6) is 0. The monoisotopic (exact) mass is 360 g/mol. The van der Waals surface area contributed by atoms with E-state index in [1.54, 1.807) is 0 Å². The second-order valence-electron chi connectivity index (χ2n) is 5.95. The van der Waals surface area contributed by atoms with E-state index in [0.29, 0.717) is 22.9 Å². The van der Waals surface area contributed by atoms with Crippen LogP contribution in [-0.2, 0) is 6.54 Å². The highest BCUT2D eigenvalue weighted by Crippen LogP contribution is 2.34.